The Kier molecular flexibility index (Phi) is 4.87. The third-order valence-corrected chi connectivity index (χ3v) is 3.24. The molecule has 1 aliphatic heterocycles. The van der Waals surface area contributed by atoms with Crippen LogP contribution in [0.5, 0.6) is 0 Å². The summed E-state index contributed by atoms with van der Waals surface area (Å²) in [5, 5.41) is 2.75. The SMILES string of the molecule is NCc1cc(NC(=O)CC2CCCCO2)ccc1F. The Morgan fingerprint density at radius 2 is 2.32 bits per heavy atom. The fourth-order valence-electron chi connectivity index (χ4n) is 2.20. The second-order valence-corrected chi connectivity index (χ2v) is 4.75. The van der Waals surface area contributed by atoms with Gasteiger partial charge in [0.2, 0.25) is 5.91 Å². The second-order valence-electron chi connectivity index (χ2n) is 4.75. The number of hydrogen-bond acceptors (Lipinski definition) is 3. The van der Waals surface area contributed by atoms with Crippen molar-refractivity contribution >= 4 is 11.6 Å². The van der Waals surface area contributed by atoms with Gasteiger partial charge in [-0.25, -0.2) is 4.39 Å². The van der Waals surface area contributed by atoms with Crippen LogP contribution in [0, 0.1) is 5.82 Å². The van der Waals surface area contributed by atoms with Gasteiger partial charge in [0.25, 0.3) is 0 Å². The van der Waals surface area contributed by atoms with Gasteiger partial charge in [0.15, 0.2) is 0 Å². The number of ether oxygens (including phenoxy) is 1. The molecule has 0 aliphatic carbocycles. The summed E-state index contributed by atoms with van der Waals surface area (Å²) < 4.78 is 18.8. The Morgan fingerprint density at radius 3 is 3.00 bits per heavy atom. The number of nitrogens with two attached hydrogens (primary N) is 1. The summed E-state index contributed by atoms with van der Waals surface area (Å²) in [7, 11) is 0. The molecule has 1 unspecified atom stereocenters. The molecular weight excluding hydrogens is 247 g/mol. The Morgan fingerprint density at radius 1 is 1.47 bits per heavy atom. The predicted octanol–water partition coefficient (Wildman–Crippen LogP) is 2.18. The van der Waals surface area contributed by atoms with Crippen LogP contribution in [-0.4, -0.2) is 18.6 Å². The Hall–Kier alpha value is -1.46. The van der Waals surface area contributed by atoms with E-state index < -0.39 is 0 Å². The lowest BCUT2D eigenvalue weighted by atomic mass is 10.1. The number of anilines is 1. The molecule has 19 heavy (non-hydrogen) atoms. The zero-order chi connectivity index (χ0) is 13.7. The molecule has 1 atom stereocenters. The molecule has 0 aromatic heterocycles. The van der Waals surface area contributed by atoms with Crippen molar-refractivity contribution in [2.24, 2.45) is 5.73 Å². The molecule has 1 heterocycles. The fourth-order valence-corrected chi connectivity index (χ4v) is 2.20. The van der Waals surface area contributed by atoms with E-state index >= 15 is 0 Å². The van der Waals surface area contributed by atoms with Crippen LogP contribution in [0.1, 0.15) is 31.2 Å². The Bertz CT molecular complexity index is 445. The van der Waals surface area contributed by atoms with E-state index in [9.17, 15) is 9.18 Å². The van der Waals surface area contributed by atoms with Gasteiger partial charge in [-0.3, -0.25) is 4.79 Å². The first-order valence-corrected chi connectivity index (χ1v) is 6.59. The lowest BCUT2D eigenvalue weighted by molar-refractivity contribution is -0.119. The van der Waals surface area contributed by atoms with E-state index in [1.165, 1.54) is 12.1 Å². The maximum Gasteiger partial charge on any atom is 0.226 e. The Balaban J connectivity index is 1.90. The first-order chi connectivity index (χ1) is 9.19. The first-order valence-electron chi connectivity index (χ1n) is 6.59. The van der Waals surface area contributed by atoms with Crippen molar-refractivity contribution in [2.75, 3.05) is 11.9 Å². The normalized spacial score (nSPS) is 19.2. The molecule has 3 N–H and O–H groups in total. The van der Waals surface area contributed by atoms with E-state index in [0.717, 1.165) is 25.9 Å². The van der Waals surface area contributed by atoms with E-state index in [0.29, 0.717) is 17.7 Å². The van der Waals surface area contributed by atoms with E-state index in [1.54, 1.807) is 6.07 Å². The first kappa shape index (κ1) is 14.0. The van der Waals surface area contributed by atoms with Gasteiger partial charge >= 0.3 is 0 Å². The molecular formula is C14H19FN2O2. The number of carbonyl (C=O) groups excluding carboxylic acids is 1. The Labute approximate surface area is 112 Å². The minimum Gasteiger partial charge on any atom is -0.378 e. The highest BCUT2D eigenvalue weighted by atomic mass is 19.1. The van der Waals surface area contributed by atoms with Crippen molar-refractivity contribution in [1.29, 1.82) is 0 Å². The minimum absolute atomic E-state index is 0.00294. The van der Waals surface area contributed by atoms with Gasteiger partial charge < -0.3 is 15.8 Å². The maximum absolute atomic E-state index is 13.3. The van der Waals surface area contributed by atoms with Gasteiger partial charge in [-0.15, -0.1) is 0 Å². The number of hydrogen-bond donors (Lipinski definition) is 2. The number of amides is 1. The fraction of sp³-hybridized carbons (Fsp3) is 0.500. The molecule has 104 valence electrons. The number of carbonyl (C=O) groups is 1. The number of halogens is 1. The predicted molar refractivity (Wildman–Crippen MR) is 71.1 cm³/mol. The van der Waals surface area contributed by atoms with Crippen molar-refractivity contribution in [3.05, 3.63) is 29.6 Å². The van der Waals surface area contributed by atoms with E-state index in [2.05, 4.69) is 5.32 Å². The molecule has 1 aliphatic rings. The molecule has 0 bridgehead atoms. The molecule has 0 saturated carbocycles. The van der Waals surface area contributed by atoms with Gasteiger partial charge in [-0.1, -0.05) is 0 Å². The van der Waals surface area contributed by atoms with Crippen LogP contribution >= 0.6 is 0 Å². The summed E-state index contributed by atoms with van der Waals surface area (Å²) in [5.41, 5.74) is 6.39. The van der Waals surface area contributed by atoms with E-state index in [4.69, 9.17) is 10.5 Å². The van der Waals surface area contributed by atoms with Crippen LogP contribution in [0.2, 0.25) is 0 Å². The van der Waals surface area contributed by atoms with Crippen LogP contribution < -0.4 is 11.1 Å². The van der Waals surface area contributed by atoms with Crippen molar-refractivity contribution in [3.8, 4) is 0 Å². The van der Waals surface area contributed by atoms with Crippen molar-refractivity contribution < 1.29 is 13.9 Å². The maximum atomic E-state index is 13.3. The van der Waals surface area contributed by atoms with Crippen LogP contribution in [0.25, 0.3) is 0 Å². The van der Waals surface area contributed by atoms with Crippen LogP contribution in [0.15, 0.2) is 18.2 Å². The molecule has 1 saturated heterocycles. The molecule has 1 aromatic carbocycles. The number of benzene rings is 1. The van der Waals surface area contributed by atoms with Gasteiger partial charge in [0.05, 0.1) is 12.5 Å². The lowest BCUT2D eigenvalue weighted by Crippen LogP contribution is -2.25. The molecule has 2 rings (SSSR count). The molecule has 0 radical (unpaired) electrons. The van der Waals surface area contributed by atoms with Crippen molar-refractivity contribution in [2.45, 2.75) is 38.3 Å². The van der Waals surface area contributed by atoms with E-state index in [1.807, 2.05) is 0 Å². The zero-order valence-electron chi connectivity index (χ0n) is 10.8. The largest absolute Gasteiger partial charge is 0.378 e. The van der Waals surface area contributed by atoms with Crippen LogP contribution in [-0.2, 0) is 16.1 Å². The molecule has 0 spiro atoms. The summed E-state index contributed by atoms with van der Waals surface area (Å²) in [5.74, 6) is -0.461. The van der Waals surface area contributed by atoms with Gasteiger partial charge in [-0.2, -0.15) is 0 Å². The van der Waals surface area contributed by atoms with Gasteiger partial charge in [-0.05, 0) is 37.5 Å². The highest BCUT2D eigenvalue weighted by Crippen LogP contribution is 2.18. The van der Waals surface area contributed by atoms with E-state index in [-0.39, 0.29) is 24.4 Å². The highest BCUT2D eigenvalue weighted by Gasteiger charge is 2.17. The van der Waals surface area contributed by atoms with Crippen LogP contribution in [0.3, 0.4) is 0 Å². The third-order valence-electron chi connectivity index (χ3n) is 3.24. The third kappa shape index (κ3) is 4.01. The second kappa shape index (κ2) is 6.63. The van der Waals surface area contributed by atoms with Crippen molar-refractivity contribution in [1.82, 2.24) is 0 Å². The molecule has 1 aromatic rings. The standard InChI is InChI=1S/C14H19FN2O2/c15-13-5-4-11(7-10(13)9-16)17-14(18)8-12-3-1-2-6-19-12/h4-5,7,12H,1-3,6,8-9,16H2,(H,17,18). The summed E-state index contributed by atoms with van der Waals surface area (Å²) >= 11 is 0. The summed E-state index contributed by atoms with van der Waals surface area (Å²) in [6, 6.07) is 4.41. The zero-order valence-corrected chi connectivity index (χ0v) is 10.8. The average molecular weight is 266 g/mol. The van der Waals surface area contributed by atoms with Gasteiger partial charge in [0, 0.05) is 24.4 Å². The minimum atomic E-state index is -0.351. The topological polar surface area (TPSA) is 64.3 Å². The highest BCUT2D eigenvalue weighted by molar-refractivity contribution is 5.91. The van der Waals surface area contributed by atoms with Crippen molar-refractivity contribution in [3.63, 3.8) is 0 Å². The average Bonchev–Trinajstić information content (AvgIpc) is 2.42. The molecule has 4 nitrogen and oxygen atoms in total. The van der Waals surface area contributed by atoms with Crippen LogP contribution in [0.4, 0.5) is 10.1 Å². The summed E-state index contributed by atoms with van der Waals surface area (Å²) in [4.78, 5) is 11.8. The monoisotopic (exact) mass is 266 g/mol. The van der Waals surface area contributed by atoms with Gasteiger partial charge in [0.1, 0.15) is 5.82 Å². The molecule has 5 heteroatoms. The molecule has 1 fully saturated rings. The number of nitrogens with one attached hydrogen (secondary N) is 1. The summed E-state index contributed by atoms with van der Waals surface area (Å²) in [6.45, 7) is 0.840. The smallest absolute Gasteiger partial charge is 0.226 e. The lowest BCUT2D eigenvalue weighted by Gasteiger charge is -2.22. The quantitative estimate of drug-likeness (QED) is 0.878. The molecule has 1 amide bonds. The summed E-state index contributed by atoms with van der Waals surface area (Å²) in [6.07, 6.45) is 3.44. The number of rotatable bonds is 4.